The van der Waals surface area contributed by atoms with Crippen LogP contribution in [0.1, 0.15) is 44.0 Å². The number of hydrogen-bond donors (Lipinski definition) is 2. The predicted octanol–water partition coefficient (Wildman–Crippen LogP) is 1.39. The Morgan fingerprint density at radius 3 is 2.65 bits per heavy atom. The second kappa shape index (κ2) is 7.54. The standard InChI is InChI=1S/C13H23N5OS/c1-10(18-6-4-2-3-5-7-18)8-11(19)15-9-12-16-17-13(14)20-12/h10H,2-9H2,1H3,(H2,14,17)(H,15,19)/t10-/m1/s1. The van der Waals surface area contributed by atoms with Gasteiger partial charge in [0.1, 0.15) is 5.01 Å². The SMILES string of the molecule is C[C@H](CC(=O)NCc1nnc(N)s1)N1CCCCCC1. The Morgan fingerprint density at radius 1 is 1.35 bits per heavy atom. The van der Waals surface area contributed by atoms with Gasteiger partial charge in [-0.15, -0.1) is 10.2 Å². The number of carbonyl (C=O) groups excluding carboxylic acids is 1. The molecule has 0 unspecified atom stereocenters. The van der Waals surface area contributed by atoms with Crippen LogP contribution in [-0.2, 0) is 11.3 Å². The molecule has 20 heavy (non-hydrogen) atoms. The van der Waals surface area contributed by atoms with E-state index in [1.165, 1.54) is 37.0 Å². The third-order valence-electron chi connectivity index (χ3n) is 3.66. The second-order valence-electron chi connectivity index (χ2n) is 5.31. The van der Waals surface area contributed by atoms with Gasteiger partial charge in [-0.05, 0) is 32.9 Å². The first-order valence-corrected chi connectivity index (χ1v) is 8.05. The molecule has 1 atom stereocenters. The van der Waals surface area contributed by atoms with Gasteiger partial charge in [-0.1, -0.05) is 24.2 Å². The summed E-state index contributed by atoms with van der Waals surface area (Å²) in [7, 11) is 0. The number of anilines is 1. The van der Waals surface area contributed by atoms with Gasteiger partial charge in [0.25, 0.3) is 0 Å². The highest BCUT2D eigenvalue weighted by molar-refractivity contribution is 7.15. The molecule has 1 fully saturated rings. The van der Waals surface area contributed by atoms with Gasteiger partial charge in [-0.3, -0.25) is 4.79 Å². The quantitative estimate of drug-likeness (QED) is 0.858. The molecule has 1 aromatic heterocycles. The maximum atomic E-state index is 11.9. The van der Waals surface area contributed by atoms with Crippen LogP contribution in [0.3, 0.4) is 0 Å². The van der Waals surface area contributed by atoms with Crippen LogP contribution in [0.15, 0.2) is 0 Å². The number of rotatable bonds is 5. The van der Waals surface area contributed by atoms with Crippen LogP contribution in [-0.4, -0.2) is 40.1 Å². The van der Waals surface area contributed by atoms with Gasteiger partial charge in [0.15, 0.2) is 0 Å². The molecule has 1 aromatic rings. The van der Waals surface area contributed by atoms with Gasteiger partial charge in [0, 0.05) is 12.5 Å². The highest BCUT2D eigenvalue weighted by Crippen LogP contribution is 2.14. The molecule has 0 aliphatic carbocycles. The Hall–Kier alpha value is -1.21. The van der Waals surface area contributed by atoms with E-state index in [1.807, 2.05) is 0 Å². The fraction of sp³-hybridized carbons (Fsp3) is 0.769. The predicted molar refractivity (Wildman–Crippen MR) is 80.3 cm³/mol. The summed E-state index contributed by atoms with van der Waals surface area (Å²) in [4.78, 5) is 14.4. The molecule has 2 rings (SSSR count). The molecule has 6 nitrogen and oxygen atoms in total. The minimum absolute atomic E-state index is 0.0653. The normalized spacial score (nSPS) is 18.4. The maximum absolute atomic E-state index is 11.9. The molecule has 0 saturated carbocycles. The molecule has 0 radical (unpaired) electrons. The molecule has 2 heterocycles. The summed E-state index contributed by atoms with van der Waals surface area (Å²) in [6.45, 7) is 4.77. The highest BCUT2D eigenvalue weighted by Gasteiger charge is 2.18. The molecule has 7 heteroatoms. The molecule has 112 valence electrons. The van der Waals surface area contributed by atoms with Gasteiger partial charge < -0.3 is 16.0 Å². The zero-order valence-electron chi connectivity index (χ0n) is 12.0. The van der Waals surface area contributed by atoms with Gasteiger partial charge in [-0.25, -0.2) is 0 Å². The first-order valence-electron chi connectivity index (χ1n) is 7.24. The molecule has 0 bridgehead atoms. The molecule has 0 spiro atoms. The largest absolute Gasteiger partial charge is 0.374 e. The number of likely N-dealkylation sites (tertiary alicyclic amines) is 1. The van der Waals surface area contributed by atoms with Crippen molar-refractivity contribution in [3.63, 3.8) is 0 Å². The average Bonchev–Trinajstić information content (AvgIpc) is 2.67. The van der Waals surface area contributed by atoms with E-state index >= 15 is 0 Å². The smallest absolute Gasteiger partial charge is 0.221 e. The second-order valence-corrected chi connectivity index (χ2v) is 6.41. The van der Waals surface area contributed by atoms with Crippen molar-refractivity contribution < 1.29 is 4.79 Å². The van der Waals surface area contributed by atoms with E-state index in [2.05, 4.69) is 27.3 Å². The fourth-order valence-electron chi connectivity index (χ4n) is 2.52. The van der Waals surface area contributed by atoms with Gasteiger partial charge in [-0.2, -0.15) is 0 Å². The lowest BCUT2D eigenvalue weighted by Crippen LogP contribution is -2.38. The Balaban J connectivity index is 1.72. The van der Waals surface area contributed by atoms with E-state index in [1.54, 1.807) is 0 Å². The summed E-state index contributed by atoms with van der Waals surface area (Å²) in [5.74, 6) is 0.0653. The average molecular weight is 297 g/mol. The molecule has 3 N–H and O–H groups in total. The van der Waals surface area contributed by atoms with E-state index in [-0.39, 0.29) is 5.91 Å². The Labute approximate surface area is 123 Å². The minimum Gasteiger partial charge on any atom is -0.374 e. The first-order chi connectivity index (χ1) is 9.65. The van der Waals surface area contributed by atoms with E-state index in [0.29, 0.717) is 24.1 Å². The van der Waals surface area contributed by atoms with Crippen LogP contribution >= 0.6 is 11.3 Å². The summed E-state index contributed by atoms with van der Waals surface area (Å²) < 4.78 is 0. The van der Waals surface area contributed by atoms with Crippen LogP contribution in [0, 0.1) is 0 Å². The van der Waals surface area contributed by atoms with Gasteiger partial charge in [0.2, 0.25) is 11.0 Å². The van der Waals surface area contributed by atoms with Crippen molar-refractivity contribution in [2.24, 2.45) is 0 Å². The molecule has 1 amide bonds. The first kappa shape index (κ1) is 15.2. The number of nitrogens with two attached hydrogens (primary N) is 1. The molecule has 1 aliphatic rings. The summed E-state index contributed by atoms with van der Waals surface area (Å²) in [6, 6.07) is 0.299. The van der Waals surface area contributed by atoms with Crippen LogP contribution in [0.2, 0.25) is 0 Å². The lowest BCUT2D eigenvalue weighted by atomic mass is 10.2. The van der Waals surface area contributed by atoms with Crippen LogP contribution in [0.25, 0.3) is 0 Å². The number of amides is 1. The number of carbonyl (C=O) groups is 1. The Bertz CT molecular complexity index is 428. The highest BCUT2D eigenvalue weighted by atomic mass is 32.1. The zero-order chi connectivity index (χ0) is 14.4. The summed E-state index contributed by atoms with van der Waals surface area (Å²) in [6.07, 6.45) is 5.65. The molecule has 1 saturated heterocycles. The van der Waals surface area contributed by atoms with E-state index in [4.69, 9.17) is 5.73 Å². The van der Waals surface area contributed by atoms with E-state index < -0.39 is 0 Å². The Morgan fingerprint density at radius 2 is 2.05 bits per heavy atom. The fourth-order valence-corrected chi connectivity index (χ4v) is 3.07. The molecule has 0 aromatic carbocycles. The zero-order valence-corrected chi connectivity index (χ0v) is 12.8. The topological polar surface area (TPSA) is 84.1 Å². The summed E-state index contributed by atoms with van der Waals surface area (Å²) in [5, 5.41) is 11.7. The summed E-state index contributed by atoms with van der Waals surface area (Å²) in [5.41, 5.74) is 5.50. The van der Waals surface area contributed by atoms with Gasteiger partial charge >= 0.3 is 0 Å². The monoisotopic (exact) mass is 297 g/mol. The number of aromatic nitrogens is 2. The Kier molecular flexibility index (Phi) is 5.72. The van der Waals surface area contributed by atoms with Crippen molar-refractivity contribution in [2.75, 3.05) is 18.8 Å². The number of nitrogens with one attached hydrogen (secondary N) is 1. The van der Waals surface area contributed by atoms with Gasteiger partial charge in [0.05, 0.1) is 6.54 Å². The number of nitrogen functional groups attached to an aromatic ring is 1. The third kappa shape index (κ3) is 4.72. The van der Waals surface area contributed by atoms with E-state index in [0.717, 1.165) is 18.1 Å². The third-order valence-corrected chi connectivity index (χ3v) is 4.42. The van der Waals surface area contributed by atoms with Crippen LogP contribution in [0.5, 0.6) is 0 Å². The molecule has 1 aliphatic heterocycles. The van der Waals surface area contributed by atoms with Crippen molar-refractivity contribution in [1.29, 1.82) is 0 Å². The lowest BCUT2D eigenvalue weighted by molar-refractivity contribution is -0.122. The van der Waals surface area contributed by atoms with Crippen LogP contribution in [0.4, 0.5) is 5.13 Å². The van der Waals surface area contributed by atoms with E-state index in [9.17, 15) is 4.79 Å². The number of nitrogens with zero attached hydrogens (tertiary/aromatic N) is 3. The van der Waals surface area contributed by atoms with Crippen molar-refractivity contribution in [2.45, 2.75) is 51.6 Å². The lowest BCUT2D eigenvalue weighted by Gasteiger charge is -2.27. The van der Waals surface area contributed by atoms with Crippen molar-refractivity contribution >= 4 is 22.4 Å². The number of hydrogen-bond acceptors (Lipinski definition) is 6. The molecular weight excluding hydrogens is 274 g/mol. The molecular formula is C13H23N5OS. The maximum Gasteiger partial charge on any atom is 0.221 e. The van der Waals surface area contributed by atoms with Crippen LogP contribution < -0.4 is 11.1 Å². The van der Waals surface area contributed by atoms with Crippen molar-refractivity contribution in [3.8, 4) is 0 Å². The van der Waals surface area contributed by atoms with Crippen molar-refractivity contribution in [1.82, 2.24) is 20.4 Å². The van der Waals surface area contributed by atoms with Crippen molar-refractivity contribution in [3.05, 3.63) is 5.01 Å². The minimum atomic E-state index is 0.0653. The summed E-state index contributed by atoms with van der Waals surface area (Å²) >= 11 is 1.31.